The Kier molecular flexibility index (Phi) is 2.28. The summed E-state index contributed by atoms with van der Waals surface area (Å²) in [5, 5.41) is -0.0255. The highest BCUT2D eigenvalue weighted by Crippen LogP contribution is 2.20. The molecule has 1 amide bonds. The lowest BCUT2D eigenvalue weighted by atomic mass is 10.2. The molecule has 2 N–H and O–H groups in total. The van der Waals surface area contributed by atoms with E-state index < -0.39 is 11.7 Å². The second-order valence-electron chi connectivity index (χ2n) is 2.24. The van der Waals surface area contributed by atoms with Gasteiger partial charge in [-0.15, -0.1) is 0 Å². The molecule has 0 aliphatic rings. The number of halogens is 2. The number of hydrogen-bond donors (Lipinski definition) is 1. The van der Waals surface area contributed by atoms with E-state index in [4.69, 9.17) is 17.3 Å². The monoisotopic (exact) mass is 188 g/mol. The number of carbonyl (C=O) groups excluding carboxylic acids is 1. The molecule has 0 saturated carbocycles. The summed E-state index contributed by atoms with van der Waals surface area (Å²) in [5.41, 5.74) is 4.97. The third kappa shape index (κ3) is 1.38. The van der Waals surface area contributed by atoms with Crippen LogP contribution in [0.3, 0.4) is 0 Å². The first kappa shape index (κ1) is 8.93. The van der Waals surface area contributed by atoms with Crippen LogP contribution in [0.4, 0.5) is 4.39 Å². The number of nitrogens with zero attached hydrogens (tertiary/aromatic N) is 1. The SMILES string of the molecule is Cc1ncc(F)c(C(N)=O)c1Cl. The fraction of sp³-hybridized carbons (Fsp3) is 0.143. The Labute approximate surface area is 73.4 Å². The van der Waals surface area contributed by atoms with E-state index in [0.29, 0.717) is 5.69 Å². The van der Waals surface area contributed by atoms with Crippen LogP contribution in [0.5, 0.6) is 0 Å². The summed E-state index contributed by atoms with van der Waals surface area (Å²) >= 11 is 5.59. The molecule has 1 heterocycles. The van der Waals surface area contributed by atoms with E-state index in [1.54, 1.807) is 6.92 Å². The van der Waals surface area contributed by atoms with Gasteiger partial charge in [0.05, 0.1) is 22.5 Å². The smallest absolute Gasteiger partial charge is 0.253 e. The first-order valence-electron chi connectivity index (χ1n) is 3.14. The highest BCUT2D eigenvalue weighted by Gasteiger charge is 2.15. The zero-order valence-corrected chi connectivity index (χ0v) is 7.02. The summed E-state index contributed by atoms with van der Waals surface area (Å²) in [7, 11) is 0. The van der Waals surface area contributed by atoms with Gasteiger partial charge in [-0.25, -0.2) is 4.39 Å². The fourth-order valence-electron chi connectivity index (χ4n) is 0.786. The standard InChI is InChI=1S/C7H6ClFN2O/c1-3-6(8)5(7(10)12)4(9)2-11-3/h2H,1H3,(H2,10,12). The molecule has 0 unspecified atom stereocenters. The fourth-order valence-corrected chi connectivity index (χ4v) is 1.02. The van der Waals surface area contributed by atoms with Crippen molar-refractivity contribution < 1.29 is 9.18 Å². The number of carbonyl (C=O) groups is 1. The molecular formula is C7H6ClFN2O. The van der Waals surface area contributed by atoms with Gasteiger partial charge in [0.2, 0.25) is 0 Å². The number of aromatic nitrogens is 1. The number of primary amides is 1. The number of aryl methyl sites for hydroxylation is 1. The van der Waals surface area contributed by atoms with Gasteiger partial charge in [-0.2, -0.15) is 0 Å². The van der Waals surface area contributed by atoms with Crippen molar-refractivity contribution in [2.75, 3.05) is 0 Å². The maximum Gasteiger partial charge on any atom is 0.253 e. The lowest BCUT2D eigenvalue weighted by molar-refractivity contribution is 0.0996. The molecule has 64 valence electrons. The van der Waals surface area contributed by atoms with Crippen LogP contribution < -0.4 is 5.73 Å². The van der Waals surface area contributed by atoms with Crippen molar-refractivity contribution in [1.29, 1.82) is 0 Å². The zero-order valence-electron chi connectivity index (χ0n) is 6.27. The average Bonchev–Trinajstić information content (AvgIpc) is 1.97. The van der Waals surface area contributed by atoms with Crippen LogP contribution in [-0.2, 0) is 0 Å². The van der Waals surface area contributed by atoms with Gasteiger partial charge in [-0.1, -0.05) is 11.6 Å². The molecule has 0 radical (unpaired) electrons. The van der Waals surface area contributed by atoms with Gasteiger partial charge in [-0.3, -0.25) is 9.78 Å². The van der Waals surface area contributed by atoms with Crippen molar-refractivity contribution in [3.8, 4) is 0 Å². The Balaban J connectivity index is 3.43. The minimum Gasteiger partial charge on any atom is -0.365 e. The third-order valence-corrected chi connectivity index (χ3v) is 1.86. The zero-order chi connectivity index (χ0) is 9.30. The molecule has 1 rings (SSSR count). The summed E-state index contributed by atoms with van der Waals surface area (Å²) < 4.78 is 12.8. The van der Waals surface area contributed by atoms with Crippen molar-refractivity contribution in [3.05, 3.63) is 28.3 Å². The van der Waals surface area contributed by atoms with Gasteiger partial charge >= 0.3 is 0 Å². The maximum absolute atomic E-state index is 12.8. The van der Waals surface area contributed by atoms with Gasteiger partial charge in [0.1, 0.15) is 0 Å². The number of nitrogens with two attached hydrogens (primary N) is 1. The average molecular weight is 189 g/mol. The Morgan fingerprint density at radius 2 is 2.33 bits per heavy atom. The molecule has 0 aliphatic heterocycles. The molecule has 0 fully saturated rings. The van der Waals surface area contributed by atoms with Crippen LogP contribution in [0.25, 0.3) is 0 Å². The molecule has 0 spiro atoms. The number of amides is 1. The highest BCUT2D eigenvalue weighted by atomic mass is 35.5. The van der Waals surface area contributed by atoms with E-state index in [1.807, 2.05) is 0 Å². The molecule has 12 heavy (non-hydrogen) atoms. The molecule has 1 aromatic heterocycles. The van der Waals surface area contributed by atoms with Crippen molar-refractivity contribution in [3.63, 3.8) is 0 Å². The predicted molar refractivity (Wildman–Crippen MR) is 42.5 cm³/mol. The minimum absolute atomic E-state index is 0.0255. The number of pyridine rings is 1. The summed E-state index contributed by atoms with van der Waals surface area (Å²) in [5.74, 6) is -1.68. The number of rotatable bonds is 1. The van der Waals surface area contributed by atoms with E-state index in [1.165, 1.54) is 0 Å². The van der Waals surface area contributed by atoms with E-state index in [0.717, 1.165) is 6.20 Å². The van der Waals surface area contributed by atoms with E-state index in [9.17, 15) is 9.18 Å². The number of hydrogen-bond acceptors (Lipinski definition) is 2. The quantitative estimate of drug-likeness (QED) is 0.722. The normalized spacial score (nSPS) is 9.92. The predicted octanol–water partition coefficient (Wildman–Crippen LogP) is 1.28. The Bertz CT molecular complexity index is 340. The molecule has 0 bridgehead atoms. The summed E-state index contributed by atoms with van der Waals surface area (Å²) in [6, 6.07) is 0. The third-order valence-electron chi connectivity index (χ3n) is 1.39. The van der Waals surface area contributed by atoms with E-state index in [-0.39, 0.29) is 10.6 Å². The summed E-state index contributed by atoms with van der Waals surface area (Å²) in [4.78, 5) is 14.3. The maximum atomic E-state index is 12.8. The van der Waals surface area contributed by atoms with Crippen molar-refractivity contribution in [2.45, 2.75) is 6.92 Å². The molecule has 0 saturated heterocycles. The lowest BCUT2D eigenvalue weighted by Crippen LogP contribution is -2.14. The van der Waals surface area contributed by atoms with E-state index >= 15 is 0 Å². The minimum atomic E-state index is -0.886. The Morgan fingerprint density at radius 1 is 1.75 bits per heavy atom. The van der Waals surface area contributed by atoms with Crippen molar-refractivity contribution in [2.24, 2.45) is 5.73 Å². The first-order chi connectivity index (χ1) is 5.54. The van der Waals surface area contributed by atoms with Gasteiger partial charge < -0.3 is 5.73 Å². The second kappa shape index (κ2) is 3.06. The molecule has 0 atom stereocenters. The van der Waals surface area contributed by atoms with Gasteiger partial charge in [-0.05, 0) is 6.92 Å². The highest BCUT2D eigenvalue weighted by molar-refractivity contribution is 6.34. The second-order valence-corrected chi connectivity index (χ2v) is 2.62. The van der Waals surface area contributed by atoms with Gasteiger partial charge in [0.25, 0.3) is 5.91 Å². The topological polar surface area (TPSA) is 56.0 Å². The van der Waals surface area contributed by atoms with Crippen LogP contribution in [0.2, 0.25) is 5.02 Å². The summed E-state index contributed by atoms with van der Waals surface area (Å²) in [6.07, 6.45) is 0.918. The Hall–Kier alpha value is -1.16. The first-order valence-corrected chi connectivity index (χ1v) is 3.52. The summed E-state index contributed by atoms with van der Waals surface area (Å²) in [6.45, 7) is 1.56. The largest absolute Gasteiger partial charge is 0.365 e. The van der Waals surface area contributed by atoms with Gasteiger partial charge in [0, 0.05) is 0 Å². The molecule has 5 heteroatoms. The molecule has 3 nitrogen and oxygen atoms in total. The molecule has 0 aromatic carbocycles. The van der Waals surface area contributed by atoms with Gasteiger partial charge in [0.15, 0.2) is 5.82 Å². The van der Waals surface area contributed by atoms with Crippen molar-refractivity contribution >= 4 is 17.5 Å². The van der Waals surface area contributed by atoms with Crippen LogP contribution >= 0.6 is 11.6 Å². The van der Waals surface area contributed by atoms with E-state index in [2.05, 4.69) is 4.98 Å². The van der Waals surface area contributed by atoms with Crippen molar-refractivity contribution in [1.82, 2.24) is 4.98 Å². The van der Waals surface area contributed by atoms with Crippen LogP contribution in [0, 0.1) is 12.7 Å². The Morgan fingerprint density at radius 3 is 2.75 bits per heavy atom. The lowest BCUT2D eigenvalue weighted by Gasteiger charge is -2.02. The molecule has 0 aliphatic carbocycles. The van der Waals surface area contributed by atoms with Crippen LogP contribution in [-0.4, -0.2) is 10.9 Å². The van der Waals surface area contributed by atoms with Crippen LogP contribution in [0.1, 0.15) is 16.1 Å². The van der Waals surface area contributed by atoms with Crippen LogP contribution in [0.15, 0.2) is 6.20 Å². The molecule has 1 aromatic rings. The molecular weight excluding hydrogens is 183 g/mol.